The van der Waals surface area contributed by atoms with Crippen molar-refractivity contribution >= 4 is 18.3 Å². The van der Waals surface area contributed by atoms with Crippen molar-refractivity contribution in [2.45, 2.75) is 0 Å². The minimum Gasteiger partial charge on any atom is -0.399 e. The first-order valence-corrected chi connectivity index (χ1v) is 4.30. The van der Waals surface area contributed by atoms with Crippen molar-refractivity contribution < 1.29 is 0 Å². The van der Waals surface area contributed by atoms with Crippen LogP contribution in [-0.4, -0.2) is 5.75 Å². The predicted molar refractivity (Wildman–Crippen MR) is 56.3 cm³/mol. The van der Waals surface area contributed by atoms with Crippen molar-refractivity contribution in [1.82, 2.24) is 0 Å². The second kappa shape index (κ2) is 4.45. The van der Waals surface area contributed by atoms with Crippen molar-refractivity contribution in [3.63, 3.8) is 0 Å². The predicted octanol–water partition coefficient (Wildman–Crippen LogP) is 1.42. The molecule has 3 heteroatoms. The molecule has 1 aromatic carbocycles. The molecule has 0 saturated carbocycles. The lowest BCUT2D eigenvalue weighted by Crippen LogP contribution is -1.89. The number of nitrogen functional groups attached to an aromatic ring is 1. The maximum absolute atomic E-state index is 8.75. The quantitative estimate of drug-likeness (QED) is 0.367. The molecule has 0 fully saturated rings. The molecule has 0 aliphatic rings. The Labute approximate surface area is 82.8 Å². The molecular formula is C10H8N2S. The molecule has 0 amide bonds. The summed E-state index contributed by atoms with van der Waals surface area (Å²) in [6, 6.07) is 7.12. The van der Waals surface area contributed by atoms with Gasteiger partial charge in [-0.15, -0.1) is 0 Å². The summed E-state index contributed by atoms with van der Waals surface area (Å²) in [5.41, 5.74) is 7.30. The van der Waals surface area contributed by atoms with Gasteiger partial charge in [0.25, 0.3) is 0 Å². The number of thiol groups is 1. The molecule has 2 nitrogen and oxygen atoms in total. The van der Waals surface area contributed by atoms with Gasteiger partial charge in [-0.25, -0.2) is 0 Å². The Balaban J connectivity index is 3.16. The van der Waals surface area contributed by atoms with Gasteiger partial charge in [0, 0.05) is 11.3 Å². The Morgan fingerprint density at radius 3 is 2.77 bits per heavy atom. The van der Waals surface area contributed by atoms with Crippen molar-refractivity contribution in [3.8, 4) is 17.9 Å². The molecule has 0 bridgehead atoms. The SMILES string of the molecule is N#Cc1cc(N)ccc1C#CCS. The molecule has 0 aromatic heterocycles. The standard InChI is InChI=1S/C10H8N2S/c11-7-9-6-10(12)4-3-8(9)2-1-5-13/h3-4,6,13H,5,12H2. The minimum atomic E-state index is 0.481. The lowest BCUT2D eigenvalue weighted by atomic mass is 10.1. The molecule has 0 aliphatic carbocycles. The van der Waals surface area contributed by atoms with E-state index in [1.165, 1.54) is 0 Å². The highest BCUT2D eigenvalue weighted by Gasteiger charge is 1.98. The number of hydrogen-bond donors (Lipinski definition) is 2. The van der Waals surface area contributed by atoms with Crippen molar-refractivity contribution in [1.29, 1.82) is 5.26 Å². The average molecular weight is 188 g/mol. The van der Waals surface area contributed by atoms with Crippen LogP contribution in [-0.2, 0) is 0 Å². The van der Waals surface area contributed by atoms with Crippen molar-refractivity contribution in [2.24, 2.45) is 0 Å². The average Bonchev–Trinajstić information content (AvgIpc) is 2.16. The Morgan fingerprint density at radius 1 is 1.38 bits per heavy atom. The molecule has 1 rings (SSSR count). The van der Waals surface area contributed by atoms with E-state index in [0.717, 1.165) is 0 Å². The third-order valence-corrected chi connectivity index (χ3v) is 1.62. The largest absolute Gasteiger partial charge is 0.399 e. The van der Waals surface area contributed by atoms with Crippen LogP contribution < -0.4 is 5.73 Å². The van der Waals surface area contributed by atoms with Gasteiger partial charge >= 0.3 is 0 Å². The van der Waals surface area contributed by atoms with Crippen molar-refractivity contribution in [2.75, 3.05) is 11.5 Å². The summed E-state index contributed by atoms with van der Waals surface area (Å²) in [5, 5.41) is 8.75. The lowest BCUT2D eigenvalue weighted by Gasteiger charge is -1.96. The maximum Gasteiger partial charge on any atom is 0.101 e. The van der Waals surface area contributed by atoms with Crippen LogP contribution in [0.4, 0.5) is 5.69 Å². The Bertz CT molecular complexity index is 407. The fourth-order valence-corrected chi connectivity index (χ4v) is 0.977. The molecule has 1 aromatic rings. The zero-order valence-electron chi connectivity index (χ0n) is 6.91. The monoisotopic (exact) mass is 188 g/mol. The number of nitriles is 1. The number of anilines is 1. The van der Waals surface area contributed by atoms with E-state index in [4.69, 9.17) is 11.0 Å². The minimum absolute atomic E-state index is 0.481. The second-order valence-electron chi connectivity index (χ2n) is 2.38. The van der Waals surface area contributed by atoms with Gasteiger partial charge in [0.05, 0.1) is 11.3 Å². The van der Waals surface area contributed by atoms with Gasteiger partial charge in [0.2, 0.25) is 0 Å². The molecule has 0 atom stereocenters. The highest BCUT2D eigenvalue weighted by Crippen LogP contribution is 2.11. The van der Waals surface area contributed by atoms with Crippen molar-refractivity contribution in [3.05, 3.63) is 29.3 Å². The summed E-state index contributed by atoms with van der Waals surface area (Å²) in [6.07, 6.45) is 0. The van der Waals surface area contributed by atoms with Crippen LogP contribution in [0.25, 0.3) is 0 Å². The number of nitrogens with two attached hydrogens (primary N) is 1. The smallest absolute Gasteiger partial charge is 0.101 e. The van der Waals surface area contributed by atoms with Gasteiger partial charge in [0.1, 0.15) is 6.07 Å². The number of nitrogens with zero attached hydrogens (tertiary/aromatic N) is 1. The van der Waals surface area contributed by atoms with Crippen LogP contribution >= 0.6 is 12.6 Å². The van der Waals surface area contributed by atoms with Crippen LogP contribution in [0.2, 0.25) is 0 Å². The molecule has 0 unspecified atom stereocenters. The second-order valence-corrected chi connectivity index (χ2v) is 2.69. The van der Waals surface area contributed by atoms with E-state index < -0.39 is 0 Å². The van der Waals surface area contributed by atoms with E-state index in [1.54, 1.807) is 18.2 Å². The van der Waals surface area contributed by atoms with Gasteiger partial charge in [-0.05, 0) is 18.2 Å². The normalized spacial score (nSPS) is 8.31. The third-order valence-electron chi connectivity index (χ3n) is 1.47. The highest BCUT2D eigenvalue weighted by atomic mass is 32.1. The molecule has 0 aliphatic heterocycles. The van der Waals surface area contributed by atoms with E-state index >= 15 is 0 Å². The Kier molecular flexibility index (Phi) is 3.25. The maximum atomic E-state index is 8.75. The van der Waals surface area contributed by atoms with Gasteiger partial charge in [-0.2, -0.15) is 17.9 Å². The molecule has 2 N–H and O–H groups in total. The van der Waals surface area contributed by atoms with E-state index in [0.29, 0.717) is 22.6 Å². The van der Waals surface area contributed by atoms with Crippen LogP contribution in [0.1, 0.15) is 11.1 Å². The zero-order valence-corrected chi connectivity index (χ0v) is 7.81. The lowest BCUT2D eigenvalue weighted by molar-refractivity contribution is 1.47. The molecule has 0 saturated heterocycles. The number of benzene rings is 1. The molecule has 0 spiro atoms. The molecule has 64 valence electrons. The molecule has 0 heterocycles. The topological polar surface area (TPSA) is 49.8 Å². The Hall–Kier alpha value is -1.58. The van der Waals surface area contributed by atoms with Crippen LogP contribution in [0, 0.1) is 23.2 Å². The van der Waals surface area contributed by atoms with E-state index in [1.807, 2.05) is 6.07 Å². The molecule has 0 radical (unpaired) electrons. The summed E-state index contributed by atoms with van der Waals surface area (Å²) >= 11 is 3.95. The molecular weight excluding hydrogens is 180 g/mol. The summed E-state index contributed by atoms with van der Waals surface area (Å²) in [6.45, 7) is 0. The summed E-state index contributed by atoms with van der Waals surface area (Å²) < 4.78 is 0. The van der Waals surface area contributed by atoms with Crippen LogP contribution in [0.3, 0.4) is 0 Å². The third kappa shape index (κ3) is 2.43. The summed E-state index contributed by atoms with van der Waals surface area (Å²) in [5.74, 6) is 6.10. The first-order valence-electron chi connectivity index (χ1n) is 3.67. The summed E-state index contributed by atoms with van der Waals surface area (Å²) in [4.78, 5) is 0. The number of rotatable bonds is 0. The van der Waals surface area contributed by atoms with Crippen LogP contribution in [0.15, 0.2) is 18.2 Å². The fourth-order valence-electron chi connectivity index (χ4n) is 0.898. The van der Waals surface area contributed by atoms with Gasteiger partial charge in [-0.1, -0.05) is 11.8 Å². The van der Waals surface area contributed by atoms with E-state index in [2.05, 4.69) is 24.5 Å². The Morgan fingerprint density at radius 2 is 2.15 bits per heavy atom. The fraction of sp³-hybridized carbons (Fsp3) is 0.100. The van der Waals surface area contributed by atoms with Gasteiger partial charge in [-0.3, -0.25) is 0 Å². The van der Waals surface area contributed by atoms with Crippen LogP contribution in [0.5, 0.6) is 0 Å². The molecule has 13 heavy (non-hydrogen) atoms. The van der Waals surface area contributed by atoms with E-state index in [-0.39, 0.29) is 0 Å². The first kappa shape index (κ1) is 9.51. The highest BCUT2D eigenvalue weighted by molar-refractivity contribution is 7.80. The summed E-state index contributed by atoms with van der Waals surface area (Å²) in [7, 11) is 0. The first-order chi connectivity index (χ1) is 6.27. The number of hydrogen-bond acceptors (Lipinski definition) is 3. The zero-order chi connectivity index (χ0) is 9.68. The van der Waals surface area contributed by atoms with Gasteiger partial charge in [0.15, 0.2) is 0 Å². The van der Waals surface area contributed by atoms with Gasteiger partial charge < -0.3 is 5.73 Å². The van der Waals surface area contributed by atoms with E-state index in [9.17, 15) is 0 Å².